The SMILES string of the molecule is Cc1noc(COCc2onc(C)c2Br)c1Br. The molecule has 0 atom stereocenters. The predicted molar refractivity (Wildman–Crippen MR) is 66.4 cm³/mol. The summed E-state index contributed by atoms with van der Waals surface area (Å²) in [6, 6.07) is 0. The monoisotopic (exact) mass is 364 g/mol. The smallest absolute Gasteiger partial charge is 0.176 e. The molecule has 7 heteroatoms. The molecule has 0 spiro atoms. The third kappa shape index (κ3) is 2.78. The highest BCUT2D eigenvalue weighted by molar-refractivity contribution is 9.10. The van der Waals surface area contributed by atoms with E-state index in [9.17, 15) is 0 Å². The lowest BCUT2D eigenvalue weighted by atomic mass is 10.4. The van der Waals surface area contributed by atoms with E-state index >= 15 is 0 Å². The standard InChI is InChI=1S/C10H10Br2N2O3/c1-5-9(11)7(16-13-5)3-15-4-8-10(12)6(2)14-17-8/h3-4H2,1-2H3. The van der Waals surface area contributed by atoms with E-state index in [4.69, 9.17) is 13.8 Å². The number of hydrogen-bond donors (Lipinski definition) is 0. The van der Waals surface area contributed by atoms with Gasteiger partial charge >= 0.3 is 0 Å². The number of hydrogen-bond acceptors (Lipinski definition) is 5. The highest BCUT2D eigenvalue weighted by Gasteiger charge is 2.13. The molecule has 0 amide bonds. The minimum atomic E-state index is 0.327. The molecule has 0 radical (unpaired) electrons. The molecule has 17 heavy (non-hydrogen) atoms. The molecule has 0 aliphatic rings. The van der Waals surface area contributed by atoms with Gasteiger partial charge in [-0.3, -0.25) is 0 Å². The van der Waals surface area contributed by atoms with Gasteiger partial charge in [0.1, 0.15) is 13.2 Å². The van der Waals surface area contributed by atoms with Crippen molar-refractivity contribution in [3.05, 3.63) is 31.9 Å². The summed E-state index contributed by atoms with van der Waals surface area (Å²) < 4.78 is 17.3. The summed E-state index contributed by atoms with van der Waals surface area (Å²) in [5, 5.41) is 7.63. The van der Waals surface area contributed by atoms with E-state index in [0.717, 1.165) is 20.3 Å². The minimum Gasteiger partial charge on any atom is -0.365 e. The van der Waals surface area contributed by atoms with Gasteiger partial charge in [-0.1, -0.05) is 10.3 Å². The van der Waals surface area contributed by atoms with Gasteiger partial charge in [0, 0.05) is 0 Å². The number of ether oxygens (including phenoxy) is 1. The van der Waals surface area contributed by atoms with E-state index in [0.29, 0.717) is 24.7 Å². The second kappa shape index (κ2) is 5.32. The topological polar surface area (TPSA) is 61.3 Å². The minimum absolute atomic E-state index is 0.327. The molecule has 2 rings (SSSR count). The zero-order valence-electron chi connectivity index (χ0n) is 9.29. The van der Waals surface area contributed by atoms with Crippen LogP contribution in [0.3, 0.4) is 0 Å². The van der Waals surface area contributed by atoms with E-state index in [-0.39, 0.29) is 0 Å². The van der Waals surface area contributed by atoms with Gasteiger partial charge in [0.15, 0.2) is 11.5 Å². The van der Waals surface area contributed by atoms with Gasteiger partial charge in [-0.25, -0.2) is 0 Å². The lowest BCUT2D eigenvalue weighted by molar-refractivity contribution is 0.0716. The molecule has 2 aromatic rings. The van der Waals surface area contributed by atoms with Crippen LogP contribution in [0.1, 0.15) is 22.9 Å². The predicted octanol–water partition coefficient (Wildman–Crippen LogP) is 3.52. The number of aromatic nitrogens is 2. The maximum Gasteiger partial charge on any atom is 0.176 e. The molecule has 0 bridgehead atoms. The van der Waals surface area contributed by atoms with Crippen LogP contribution in [0.2, 0.25) is 0 Å². The quantitative estimate of drug-likeness (QED) is 0.829. The molecule has 0 aliphatic heterocycles. The van der Waals surface area contributed by atoms with Gasteiger partial charge in [-0.2, -0.15) is 0 Å². The molecule has 0 unspecified atom stereocenters. The van der Waals surface area contributed by atoms with Crippen molar-refractivity contribution in [2.45, 2.75) is 27.1 Å². The Morgan fingerprint density at radius 2 is 1.35 bits per heavy atom. The van der Waals surface area contributed by atoms with Crippen LogP contribution in [-0.2, 0) is 18.0 Å². The Morgan fingerprint density at radius 1 is 0.941 bits per heavy atom. The highest BCUT2D eigenvalue weighted by Crippen LogP contribution is 2.24. The fourth-order valence-electron chi connectivity index (χ4n) is 1.23. The molecule has 0 saturated carbocycles. The Bertz CT molecular complexity index is 475. The zero-order valence-corrected chi connectivity index (χ0v) is 12.5. The summed E-state index contributed by atoms with van der Waals surface area (Å²) in [6.07, 6.45) is 0. The maximum atomic E-state index is 5.47. The Labute approximate surface area is 115 Å². The van der Waals surface area contributed by atoms with E-state index < -0.39 is 0 Å². The fraction of sp³-hybridized carbons (Fsp3) is 0.400. The molecule has 2 heterocycles. The van der Waals surface area contributed by atoms with Gasteiger partial charge < -0.3 is 13.8 Å². The summed E-state index contributed by atoms with van der Waals surface area (Å²) in [6.45, 7) is 4.36. The van der Waals surface area contributed by atoms with Crippen molar-refractivity contribution in [1.82, 2.24) is 10.3 Å². The number of nitrogens with zero attached hydrogens (tertiary/aromatic N) is 2. The van der Waals surface area contributed by atoms with Crippen molar-refractivity contribution in [2.24, 2.45) is 0 Å². The summed E-state index contributed by atoms with van der Waals surface area (Å²) in [5.74, 6) is 1.32. The van der Waals surface area contributed by atoms with Gasteiger partial charge in [-0.05, 0) is 45.7 Å². The van der Waals surface area contributed by atoms with Gasteiger partial charge in [0.25, 0.3) is 0 Å². The normalized spacial score (nSPS) is 11.1. The van der Waals surface area contributed by atoms with Crippen LogP contribution in [0.4, 0.5) is 0 Å². The second-order valence-electron chi connectivity index (χ2n) is 3.50. The van der Waals surface area contributed by atoms with Crippen molar-refractivity contribution in [1.29, 1.82) is 0 Å². The molecule has 92 valence electrons. The summed E-state index contributed by atoms with van der Waals surface area (Å²) in [5.41, 5.74) is 1.61. The van der Waals surface area contributed by atoms with Crippen LogP contribution in [-0.4, -0.2) is 10.3 Å². The van der Waals surface area contributed by atoms with Crippen molar-refractivity contribution in [3.8, 4) is 0 Å². The second-order valence-corrected chi connectivity index (χ2v) is 5.09. The summed E-state index contributed by atoms with van der Waals surface area (Å²) in [4.78, 5) is 0. The molecule has 0 fully saturated rings. The average Bonchev–Trinajstić information content (AvgIpc) is 2.79. The van der Waals surface area contributed by atoms with E-state index in [2.05, 4.69) is 42.2 Å². The van der Waals surface area contributed by atoms with E-state index in [1.54, 1.807) is 0 Å². The Kier molecular flexibility index (Phi) is 4.01. The van der Waals surface area contributed by atoms with Crippen LogP contribution in [0, 0.1) is 13.8 Å². The van der Waals surface area contributed by atoms with Crippen molar-refractivity contribution in [3.63, 3.8) is 0 Å². The van der Waals surface area contributed by atoms with Crippen molar-refractivity contribution < 1.29 is 13.8 Å². The number of halogens is 2. The van der Waals surface area contributed by atoms with Gasteiger partial charge in [0.2, 0.25) is 0 Å². The van der Waals surface area contributed by atoms with Gasteiger partial charge in [0.05, 0.1) is 20.3 Å². The van der Waals surface area contributed by atoms with Crippen LogP contribution < -0.4 is 0 Å². The first kappa shape index (κ1) is 12.8. The highest BCUT2D eigenvalue weighted by atomic mass is 79.9. The Morgan fingerprint density at radius 3 is 1.65 bits per heavy atom. The van der Waals surface area contributed by atoms with Crippen molar-refractivity contribution in [2.75, 3.05) is 0 Å². The molecule has 0 aromatic carbocycles. The largest absolute Gasteiger partial charge is 0.365 e. The van der Waals surface area contributed by atoms with Crippen molar-refractivity contribution >= 4 is 31.9 Å². The lowest BCUT2D eigenvalue weighted by Gasteiger charge is -1.99. The molecule has 2 aromatic heterocycles. The molecular weight excluding hydrogens is 356 g/mol. The van der Waals surface area contributed by atoms with E-state index in [1.807, 2.05) is 13.8 Å². The molecule has 5 nitrogen and oxygen atoms in total. The third-order valence-corrected chi connectivity index (χ3v) is 4.21. The molecule has 0 N–H and O–H groups in total. The van der Waals surface area contributed by atoms with Crippen LogP contribution in [0.5, 0.6) is 0 Å². The lowest BCUT2D eigenvalue weighted by Crippen LogP contribution is -1.93. The molecular formula is C10H10Br2N2O3. The van der Waals surface area contributed by atoms with Crippen LogP contribution >= 0.6 is 31.9 Å². The fourth-order valence-corrected chi connectivity index (χ4v) is 1.75. The first-order valence-electron chi connectivity index (χ1n) is 4.88. The molecule has 0 saturated heterocycles. The number of aryl methyl sites for hydroxylation is 2. The average molecular weight is 366 g/mol. The summed E-state index contributed by atoms with van der Waals surface area (Å²) >= 11 is 6.75. The molecule has 0 aliphatic carbocycles. The summed E-state index contributed by atoms with van der Waals surface area (Å²) in [7, 11) is 0. The maximum absolute atomic E-state index is 5.47. The Balaban J connectivity index is 1.92. The first-order valence-corrected chi connectivity index (χ1v) is 6.47. The first-order chi connectivity index (χ1) is 8.09. The zero-order chi connectivity index (χ0) is 12.4. The number of rotatable bonds is 4. The van der Waals surface area contributed by atoms with Gasteiger partial charge in [-0.15, -0.1) is 0 Å². The van der Waals surface area contributed by atoms with E-state index in [1.165, 1.54) is 0 Å². The van der Waals surface area contributed by atoms with Crippen LogP contribution in [0.15, 0.2) is 18.0 Å². The van der Waals surface area contributed by atoms with Crippen LogP contribution in [0.25, 0.3) is 0 Å². The Hall–Kier alpha value is -0.660. The third-order valence-electron chi connectivity index (χ3n) is 2.18.